The standard InChI is InChI=1S/C23H26N2O7/c1-30-17-8-9-18(22(14-17)31-2)21(26)15-32-23(27)16-7-10-19(20(13-16)25(28)29)24-11-5-3-4-6-12-24/h7-10,13-14H,3-6,11-12,15H2,1-2H3. The first-order valence-corrected chi connectivity index (χ1v) is 10.4. The SMILES string of the molecule is COc1ccc(C(=O)COC(=O)c2ccc(N3CCCCCC3)c([N+](=O)[O-])c2)c(OC)c1. The summed E-state index contributed by atoms with van der Waals surface area (Å²) >= 11 is 0. The molecule has 1 heterocycles. The van der Waals surface area contributed by atoms with Crippen LogP contribution >= 0.6 is 0 Å². The number of methoxy groups -OCH3 is 2. The Morgan fingerprint density at radius 1 is 1.00 bits per heavy atom. The molecule has 0 N–H and O–H groups in total. The number of hydrogen-bond donors (Lipinski definition) is 0. The smallest absolute Gasteiger partial charge is 0.338 e. The number of nitro benzene ring substituents is 1. The van der Waals surface area contributed by atoms with Crippen LogP contribution in [0, 0.1) is 10.1 Å². The minimum Gasteiger partial charge on any atom is -0.497 e. The van der Waals surface area contributed by atoms with Gasteiger partial charge in [0.05, 0.1) is 30.3 Å². The summed E-state index contributed by atoms with van der Waals surface area (Å²) in [5.41, 5.74) is 0.602. The molecule has 2 aromatic rings. The molecule has 0 atom stereocenters. The van der Waals surface area contributed by atoms with Gasteiger partial charge in [0.2, 0.25) is 5.78 Å². The van der Waals surface area contributed by atoms with E-state index in [0.717, 1.165) is 38.8 Å². The van der Waals surface area contributed by atoms with Gasteiger partial charge < -0.3 is 19.1 Å². The Hall–Kier alpha value is -3.62. The van der Waals surface area contributed by atoms with Crippen LogP contribution in [0.25, 0.3) is 0 Å². The third-order valence-electron chi connectivity index (χ3n) is 5.40. The first kappa shape index (κ1) is 23.1. The molecule has 0 bridgehead atoms. The normalized spacial score (nSPS) is 13.8. The molecule has 9 heteroatoms. The summed E-state index contributed by atoms with van der Waals surface area (Å²) in [5.74, 6) is -0.458. The fourth-order valence-electron chi connectivity index (χ4n) is 3.70. The molecule has 0 aliphatic carbocycles. The third kappa shape index (κ3) is 5.35. The van der Waals surface area contributed by atoms with Gasteiger partial charge in [-0.15, -0.1) is 0 Å². The number of esters is 1. The maximum Gasteiger partial charge on any atom is 0.338 e. The van der Waals surface area contributed by atoms with Crippen LogP contribution in [0.2, 0.25) is 0 Å². The first-order valence-electron chi connectivity index (χ1n) is 10.4. The number of anilines is 1. The van der Waals surface area contributed by atoms with Crippen LogP contribution in [0.5, 0.6) is 11.5 Å². The Bertz CT molecular complexity index is 998. The Morgan fingerprint density at radius 2 is 1.72 bits per heavy atom. The molecule has 0 unspecified atom stereocenters. The molecule has 1 fully saturated rings. The predicted molar refractivity (Wildman–Crippen MR) is 118 cm³/mol. The zero-order chi connectivity index (χ0) is 23.1. The largest absolute Gasteiger partial charge is 0.497 e. The van der Waals surface area contributed by atoms with Gasteiger partial charge in [-0.05, 0) is 37.1 Å². The second kappa shape index (κ2) is 10.6. The number of Topliss-reactive ketones (excluding diaryl/α,β-unsaturated/α-hetero) is 1. The van der Waals surface area contributed by atoms with Crippen molar-refractivity contribution < 1.29 is 28.7 Å². The van der Waals surface area contributed by atoms with Crippen molar-refractivity contribution in [2.75, 3.05) is 38.8 Å². The van der Waals surface area contributed by atoms with Crippen molar-refractivity contribution >= 4 is 23.1 Å². The molecule has 32 heavy (non-hydrogen) atoms. The Morgan fingerprint density at radius 3 is 2.34 bits per heavy atom. The highest BCUT2D eigenvalue weighted by molar-refractivity contribution is 6.01. The summed E-state index contributed by atoms with van der Waals surface area (Å²) in [5, 5.41) is 11.6. The van der Waals surface area contributed by atoms with Gasteiger partial charge in [-0.3, -0.25) is 14.9 Å². The number of ether oxygens (including phenoxy) is 3. The molecule has 2 aromatic carbocycles. The molecule has 3 rings (SSSR count). The Balaban J connectivity index is 1.73. The molecule has 170 valence electrons. The van der Waals surface area contributed by atoms with Crippen LogP contribution in [0.1, 0.15) is 46.4 Å². The molecule has 0 spiro atoms. The summed E-state index contributed by atoms with van der Waals surface area (Å²) in [6, 6.07) is 8.96. The number of nitrogens with zero attached hydrogens (tertiary/aromatic N) is 2. The second-order valence-corrected chi connectivity index (χ2v) is 7.43. The van der Waals surface area contributed by atoms with Gasteiger partial charge in [0.25, 0.3) is 5.69 Å². The van der Waals surface area contributed by atoms with Crippen molar-refractivity contribution in [3.8, 4) is 11.5 Å². The number of carbonyl (C=O) groups is 2. The Labute approximate surface area is 186 Å². The first-order chi connectivity index (χ1) is 15.4. The summed E-state index contributed by atoms with van der Waals surface area (Å²) < 4.78 is 15.4. The van der Waals surface area contributed by atoms with Crippen LogP contribution in [0.4, 0.5) is 11.4 Å². The number of rotatable bonds is 8. The lowest BCUT2D eigenvalue weighted by molar-refractivity contribution is -0.384. The average molecular weight is 442 g/mol. The van der Waals surface area contributed by atoms with E-state index >= 15 is 0 Å². The maximum atomic E-state index is 12.5. The molecule has 0 saturated carbocycles. The molecular weight excluding hydrogens is 416 g/mol. The van der Waals surface area contributed by atoms with Gasteiger partial charge in [0.1, 0.15) is 17.2 Å². The lowest BCUT2D eigenvalue weighted by Crippen LogP contribution is -2.25. The zero-order valence-corrected chi connectivity index (χ0v) is 18.2. The van der Waals surface area contributed by atoms with E-state index in [4.69, 9.17) is 14.2 Å². The van der Waals surface area contributed by atoms with Crippen LogP contribution < -0.4 is 14.4 Å². The van der Waals surface area contributed by atoms with Crippen LogP contribution in [-0.2, 0) is 4.74 Å². The van der Waals surface area contributed by atoms with Gasteiger partial charge in [-0.25, -0.2) is 4.79 Å². The van der Waals surface area contributed by atoms with Crippen LogP contribution in [0.15, 0.2) is 36.4 Å². The highest BCUT2D eigenvalue weighted by Crippen LogP contribution is 2.31. The van der Waals surface area contributed by atoms with Crippen LogP contribution in [-0.4, -0.2) is 50.6 Å². The fourth-order valence-corrected chi connectivity index (χ4v) is 3.70. The summed E-state index contributed by atoms with van der Waals surface area (Å²) in [4.78, 5) is 38.1. The predicted octanol–water partition coefficient (Wildman–Crippen LogP) is 4.03. The quantitative estimate of drug-likeness (QED) is 0.261. The number of hydrogen-bond acceptors (Lipinski definition) is 8. The molecule has 0 amide bonds. The average Bonchev–Trinajstić information content (AvgIpc) is 3.10. The minimum atomic E-state index is -0.809. The van der Waals surface area contributed by atoms with E-state index in [0.29, 0.717) is 17.2 Å². The van der Waals surface area contributed by atoms with Crippen molar-refractivity contribution in [3.63, 3.8) is 0 Å². The van der Waals surface area contributed by atoms with Gasteiger partial charge in [-0.1, -0.05) is 12.8 Å². The number of benzene rings is 2. The van der Waals surface area contributed by atoms with E-state index in [9.17, 15) is 19.7 Å². The van der Waals surface area contributed by atoms with Crippen molar-refractivity contribution in [3.05, 3.63) is 57.6 Å². The maximum absolute atomic E-state index is 12.5. The minimum absolute atomic E-state index is 0.0183. The van der Waals surface area contributed by atoms with Gasteiger partial charge in [0, 0.05) is 25.2 Å². The number of ketones is 1. The third-order valence-corrected chi connectivity index (χ3v) is 5.40. The lowest BCUT2D eigenvalue weighted by atomic mass is 10.1. The monoisotopic (exact) mass is 442 g/mol. The summed E-state index contributed by atoms with van der Waals surface area (Å²) in [6.07, 6.45) is 4.14. The molecule has 9 nitrogen and oxygen atoms in total. The number of carbonyl (C=O) groups excluding carboxylic acids is 2. The summed E-state index contributed by atoms with van der Waals surface area (Å²) in [6.45, 7) is 0.953. The summed E-state index contributed by atoms with van der Waals surface area (Å²) in [7, 11) is 2.91. The lowest BCUT2D eigenvalue weighted by Gasteiger charge is -2.22. The van der Waals surface area contributed by atoms with Crippen molar-refractivity contribution in [1.29, 1.82) is 0 Å². The van der Waals surface area contributed by atoms with E-state index < -0.39 is 23.3 Å². The molecule has 0 radical (unpaired) electrons. The van der Waals surface area contributed by atoms with Crippen molar-refractivity contribution in [1.82, 2.24) is 0 Å². The fraction of sp³-hybridized carbons (Fsp3) is 0.391. The second-order valence-electron chi connectivity index (χ2n) is 7.43. The van der Waals surface area contributed by atoms with E-state index in [-0.39, 0.29) is 16.8 Å². The molecule has 1 saturated heterocycles. The van der Waals surface area contributed by atoms with E-state index in [2.05, 4.69) is 0 Å². The highest BCUT2D eigenvalue weighted by atomic mass is 16.6. The topological polar surface area (TPSA) is 108 Å². The number of nitro groups is 1. The van der Waals surface area contributed by atoms with Gasteiger partial charge in [0.15, 0.2) is 6.61 Å². The van der Waals surface area contributed by atoms with Crippen molar-refractivity contribution in [2.45, 2.75) is 25.7 Å². The molecule has 1 aliphatic heterocycles. The molecule has 0 aromatic heterocycles. The van der Waals surface area contributed by atoms with Crippen molar-refractivity contribution in [2.24, 2.45) is 0 Å². The molecule has 1 aliphatic rings. The van der Waals surface area contributed by atoms with Gasteiger partial charge >= 0.3 is 5.97 Å². The van der Waals surface area contributed by atoms with Gasteiger partial charge in [-0.2, -0.15) is 0 Å². The van der Waals surface area contributed by atoms with E-state index in [1.165, 1.54) is 32.4 Å². The van der Waals surface area contributed by atoms with E-state index in [1.807, 2.05) is 4.90 Å². The Kier molecular flexibility index (Phi) is 7.64. The highest BCUT2D eigenvalue weighted by Gasteiger charge is 2.24. The van der Waals surface area contributed by atoms with E-state index in [1.54, 1.807) is 18.2 Å². The molecular formula is C23H26N2O7. The van der Waals surface area contributed by atoms with Crippen LogP contribution in [0.3, 0.4) is 0 Å². The zero-order valence-electron chi connectivity index (χ0n) is 18.2.